The van der Waals surface area contributed by atoms with Crippen LogP contribution in [0, 0.1) is 5.92 Å². The Bertz CT molecular complexity index is 136. The highest BCUT2D eigenvalue weighted by Gasteiger charge is 2.23. The molecule has 1 aliphatic rings. The number of carbonyl (C=O) groups excluding carboxylic acids is 1. The fraction of sp³-hybridized carbons (Fsp3) is 0.857. The van der Waals surface area contributed by atoms with Gasteiger partial charge in [0.05, 0.1) is 5.92 Å². The number of rotatable bonds is 1. The van der Waals surface area contributed by atoms with Crippen molar-refractivity contribution in [3.8, 4) is 0 Å². The minimum atomic E-state index is 0.0659. The molecule has 1 saturated heterocycles. The molecule has 1 rings (SSSR count). The third-order valence-corrected chi connectivity index (χ3v) is 1.99. The summed E-state index contributed by atoms with van der Waals surface area (Å²) in [7, 11) is 0. The van der Waals surface area contributed by atoms with Gasteiger partial charge in [0.1, 0.15) is 0 Å². The molecule has 0 unspecified atom stereocenters. The average molecular weight is 142 g/mol. The van der Waals surface area contributed by atoms with Gasteiger partial charge in [-0.3, -0.25) is 4.79 Å². The molecule has 1 fully saturated rings. The Morgan fingerprint density at radius 2 is 2.40 bits per heavy atom. The number of amides is 1. The van der Waals surface area contributed by atoms with E-state index >= 15 is 0 Å². The highest BCUT2D eigenvalue weighted by atomic mass is 16.2. The topological polar surface area (TPSA) is 55.1 Å². The summed E-state index contributed by atoms with van der Waals surface area (Å²) in [5, 5.41) is 2.86. The Labute approximate surface area is 61.0 Å². The highest BCUT2D eigenvalue weighted by Crippen LogP contribution is 2.13. The van der Waals surface area contributed by atoms with Gasteiger partial charge in [-0.2, -0.15) is 0 Å². The summed E-state index contributed by atoms with van der Waals surface area (Å²) >= 11 is 0. The predicted octanol–water partition coefficient (Wildman–Crippen LogP) is -0.140. The molecule has 3 nitrogen and oxygen atoms in total. The zero-order valence-electron chi connectivity index (χ0n) is 6.26. The molecule has 1 aliphatic heterocycles. The molecule has 58 valence electrons. The summed E-state index contributed by atoms with van der Waals surface area (Å²) in [6, 6.07) is 0.343. The third-order valence-electron chi connectivity index (χ3n) is 1.99. The molecule has 0 bridgehead atoms. The van der Waals surface area contributed by atoms with Crippen molar-refractivity contribution in [1.82, 2.24) is 5.32 Å². The van der Waals surface area contributed by atoms with Crippen LogP contribution in [-0.2, 0) is 4.79 Å². The van der Waals surface area contributed by atoms with Gasteiger partial charge in [-0.15, -0.1) is 0 Å². The van der Waals surface area contributed by atoms with Gasteiger partial charge in [-0.1, -0.05) is 0 Å². The number of hydrogen-bond donors (Lipinski definition) is 2. The van der Waals surface area contributed by atoms with E-state index in [0.717, 1.165) is 12.8 Å². The number of nitrogens with one attached hydrogen (secondary N) is 1. The van der Waals surface area contributed by atoms with Gasteiger partial charge in [0, 0.05) is 12.6 Å². The van der Waals surface area contributed by atoms with E-state index in [2.05, 4.69) is 5.32 Å². The van der Waals surface area contributed by atoms with Crippen LogP contribution < -0.4 is 11.1 Å². The molecule has 0 radical (unpaired) electrons. The summed E-state index contributed by atoms with van der Waals surface area (Å²) in [6.07, 6.45) is 2.01. The van der Waals surface area contributed by atoms with E-state index in [-0.39, 0.29) is 11.8 Å². The van der Waals surface area contributed by atoms with Crippen molar-refractivity contribution in [2.75, 3.05) is 6.54 Å². The predicted molar refractivity (Wildman–Crippen MR) is 39.4 cm³/mol. The Morgan fingerprint density at radius 3 is 2.90 bits per heavy atom. The Kier molecular flexibility index (Phi) is 2.27. The summed E-state index contributed by atoms with van der Waals surface area (Å²) in [4.78, 5) is 11.0. The van der Waals surface area contributed by atoms with Crippen LogP contribution in [0.2, 0.25) is 0 Å². The van der Waals surface area contributed by atoms with Crippen molar-refractivity contribution in [3.63, 3.8) is 0 Å². The molecule has 0 aromatic heterocycles. The molecule has 3 N–H and O–H groups in total. The Hall–Kier alpha value is -0.570. The van der Waals surface area contributed by atoms with Crippen LogP contribution in [0.25, 0.3) is 0 Å². The van der Waals surface area contributed by atoms with Crippen molar-refractivity contribution in [2.24, 2.45) is 11.7 Å². The SMILES string of the molecule is C[C@@H]1CC[C@H](CN)C(=O)N1. The number of piperidine rings is 1. The van der Waals surface area contributed by atoms with E-state index in [1.165, 1.54) is 0 Å². The minimum absolute atomic E-state index is 0.0659. The summed E-state index contributed by atoms with van der Waals surface area (Å²) in [5.74, 6) is 0.192. The van der Waals surface area contributed by atoms with Crippen LogP contribution in [0.3, 0.4) is 0 Å². The lowest BCUT2D eigenvalue weighted by atomic mass is 9.95. The van der Waals surface area contributed by atoms with Gasteiger partial charge < -0.3 is 11.1 Å². The van der Waals surface area contributed by atoms with Crippen LogP contribution in [0.15, 0.2) is 0 Å². The fourth-order valence-electron chi connectivity index (χ4n) is 1.24. The summed E-state index contributed by atoms with van der Waals surface area (Å²) in [5.41, 5.74) is 5.38. The van der Waals surface area contributed by atoms with Crippen molar-refractivity contribution >= 4 is 5.91 Å². The molecule has 0 aromatic rings. The zero-order valence-corrected chi connectivity index (χ0v) is 6.26. The highest BCUT2D eigenvalue weighted by molar-refractivity contribution is 5.79. The number of carbonyl (C=O) groups is 1. The molecule has 0 spiro atoms. The summed E-state index contributed by atoms with van der Waals surface area (Å²) < 4.78 is 0. The molecule has 0 saturated carbocycles. The van der Waals surface area contributed by atoms with Crippen molar-refractivity contribution in [3.05, 3.63) is 0 Å². The van der Waals surface area contributed by atoms with Crippen LogP contribution in [0.5, 0.6) is 0 Å². The van der Waals surface area contributed by atoms with Gasteiger partial charge in [0.25, 0.3) is 0 Å². The quantitative estimate of drug-likeness (QED) is 0.535. The molecule has 0 aliphatic carbocycles. The maximum absolute atomic E-state index is 11.0. The standard InChI is InChI=1S/C7H14N2O/c1-5-2-3-6(4-8)7(10)9-5/h5-6H,2-4,8H2,1H3,(H,9,10)/t5-,6-/m1/s1. The van der Waals surface area contributed by atoms with E-state index in [0.29, 0.717) is 12.6 Å². The molecular weight excluding hydrogens is 128 g/mol. The molecule has 3 heteroatoms. The van der Waals surface area contributed by atoms with Gasteiger partial charge >= 0.3 is 0 Å². The first-order valence-electron chi connectivity index (χ1n) is 3.74. The average Bonchev–Trinajstić information content (AvgIpc) is 1.88. The second-order valence-corrected chi connectivity index (χ2v) is 2.92. The molecule has 1 amide bonds. The zero-order chi connectivity index (χ0) is 7.56. The van der Waals surface area contributed by atoms with Gasteiger partial charge in [0.2, 0.25) is 5.91 Å². The van der Waals surface area contributed by atoms with E-state index in [4.69, 9.17) is 5.73 Å². The Balaban J connectivity index is 2.43. The van der Waals surface area contributed by atoms with Crippen LogP contribution in [0.1, 0.15) is 19.8 Å². The van der Waals surface area contributed by atoms with Crippen molar-refractivity contribution in [1.29, 1.82) is 0 Å². The van der Waals surface area contributed by atoms with E-state index < -0.39 is 0 Å². The lowest BCUT2D eigenvalue weighted by Gasteiger charge is -2.25. The minimum Gasteiger partial charge on any atom is -0.353 e. The number of nitrogens with two attached hydrogens (primary N) is 1. The number of hydrogen-bond acceptors (Lipinski definition) is 2. The van der Waals surface area contributed by atoms with Crippen molar-refractivity contribution in [2.45, 2.75) is 25.8 Å². The van der Waals surface area contributed by atoms with E-state index in [1.54, 1.807) is 0 Å². The molecule has 0 aromatic carbocycles. The first kappa shape index (κ1) is 7.54. The second-order valence-electron chi connectivity index (χ2n) is 2.92. The summed E-state index contributed by atoms with van der Waals surface area (Å²) in [6.45, 7) is 2.50. The van der Waals surface area contributed by atoms with Gasteiger partial charge in [-0.25, -0.2) is 0 Å². The van der Waals surface area contributed by atoms with E-state index in [1.807, 2.05) is 6.92 Å². The normalized spacial score (nSPS) is 33.6. The molecule has 2 atom stereocenters. The van der Waals surface area contributed by atoms with E-state index in [9.17, 15) is 4.79 Å². The second kappa shape index (κ2) is 3.01. The molecule has 1 heterocycles. The lowest BCUT2D eigenvalue weighted by molar-refractivity contribution is -0.127. The molecular formula is C7H14N2O. The maximum atomic E-state index is 11.0. The first-order chi connectivity index (χ1) is 4.74. The largest absolute Gasteiger partial charge is 0.353 e. The Morgan fingerprint density at radius 1 is 1.70 bits per heavy atom. The van der Waals surface area contributed by atoms with Crippen LogP contribution in [-0.4, -0.2) is 18.5 Å². The maximum Gasteiger partial charge on any atom is 0.224 e. The van der Waals surface area contributed by atoms with Crippen molar-refractivity contribution < 1.29 is 4.79 Å². The smallest absolute Gasteiger partial charge is 0.224 e. The first-order valence-corrected chi connectivity index (χ1v) is 3.74. The monoisotopic (exact) mass is 142 g/mol. The van der Waals surface area contributed by atoms with Gasteiger partial charge in [0.15, 0.2) is 0 Å². The van der Waals surface area contributed by atoms with Gasteiger partial charge in [-0.05, 0) is 19.8 Å². The van der Waals surface area contributed by atoms with Crippen LogP contribution in [0.4, 0.5) is 0 Å². The molecule has 10 heavy (non-hydrogen) atoms. The third kappa shape index (κ3) is 1.48. The fourth-order valence-corrected chi connectivity index (χ4v) is 1.24. The lowest BCUT2D eigenvalue weighted by Crippen LogP contribution is -2.44. The van der Waals surface area contributed by atoms with Crippen LogP contribution >= 0.6 is 0 Å².